The molecular weight excluding hydrogens is 479 g/mol. The molecule has 0 bridgehead atoms. The van der Waals surface area contributed by atoms with Gasteiger partial charge in [0.2, 0.25) is 5.95 Å². The van der Waals surface area contributed by atoms with Gasteiger partial charge in [0.25, 0.3) is 0 Å². The van der Waals surface area contributed by atoms with Crippen LogP contribution in [0, 0.1) is 12.7 Å². The van der Waals surface area contributed by atoms with E-state index in [0.29, 0.717) is 29.7 Å². The molecule has 36 heavy (non-hydrogen) atoms. The number of rotatable bonds is 4. The zero-order chi connectivity index (χ0) is 25.3. The van der Waals surface area contributed by atoms with Crippen molar-refractivity contribution in [2.45, 2.75) is 32.8 Å². The molecule has 0 atom stereocenters. The predicted octanol–water partition coefficient (Wildman–Crippen LogP) is 4.97. The lowest BCUT2D eigenvalue weighted by atomic mass is 10.1. The molecule has 5 rings (SSSR count). The van der Waals surface area contributed by atoms with Gasteiger partial charge < -0.3 is 19.4 Å². The van der Waals surface area contributed by atoms with Crippen molar-refractivity contribution >= 4 is 29.2 Å². The molecule has 2 aliphatic rings. The zero-order valence-electron chi connectivity index (χ0n) is 21.0. The van der Waals surface area contributed by atoms with Gasteiger partial charge in [-0.1, -0.05) is 11.6 Å². The molecule has 0 N–H and O–H groups in total. The maximum absolute atomic E-state index is 14.0. The summed E-state index contributed by atoms with van der Waals surface area (Å²) in [4.78, 5) is 21.2. The number of morpholine rings is 1. The molecule has 3 aromatic rings. The summed E-state index contributed by atoms with van der Waals surface area (Å²) in [7, 11) is 0. The molecule has 190 valence electrons. The highest BCUT2D eigenvalue weighted by molar-refractivity contribution is 6.32. The van der Waals surface area contributed by atoms with Gasteiger partial charge in [-0.25, -0.2) is 14.4 Å². The van der Waals surface area contributed by atoms with Gasteiger partial charge in [0.05, 0.1) is 22.9 Å². The second-order valence-corrected chi connectivity index (χ2v) is 10.4. The second kappa shape index (κ2) is 10.2. The number of anilines is 3. The first-order chi connectivity index (χ1) is 17.3. The minimum Gasteiger partial charge on any atom is -0.372 e. The van der Waals surface area contributed by atoms with Crippen molar-refractivity contribution in [3.8, 4) is 11.3 Å². The van der Waals surface area contributed by atoms with E-state index in [9.17, 15) is 4.39 Å². The topological polar surface area (TPSA) is 57.6 Å². The molecular formula is C27H32ClFN6O. The Morgan fingerprint density at radius 3 is 2.56 bits per heavy atom. The molecule has 1 aromatic carbocycles. The zero-order valence-corrected chi connectivity index (χ0v) is 21.8. The van der Waals surface area contributed by atoms with E-state index in [1.807, 2.05) is 24.3 Å². The number of aryl methyl sites for hydroxylation is 1. The van der Waals surface area contributed by atoms with Gasteiger partial charge in [-0.2, -0.15) is 4.98 Å². The SMILES string of the molecule is Cc1cc(-c2cc(N3CCCN(c4ncccc4Cl)CC3)nc(N3CCOC(C)(C)C3)n2)ccc1F. The van der Waals surface area contributed by atoms with E-state index in [1.165, 1.54) is 6.07 Å². The van der Waals surface area contributed by atoms with Gasteiger partial charge in [0, 0.05) is 57.1 Å². The van der Waals surface area contributed by atoms with E-state index in [-0.39, 0.29) is 11.4 Å². The number of aromatic nitrogens is 3. The molecule has 7 nitrogen and oxygen atoms in total. The molecule has 2 saturated heterocycles. The minimum atomic E-state index is -0.282. The average molecular weight is 511 g/mol. The fraction of sp³-hybridized carbons (Fsp3) is 0.444. The highest BCUT2D eigenvalue weighted by Gasteiger charge is 2.30. The van der Waals surface area contributed by atoms with Crippen LogP contribution in [0.1, 0.15) is 25.8 Å². The number of ether oxygens (including phenoxy) is 1. The molecule has 0 amide bonds. The summed E-state index contributed by atoms with van der Waals surface area (Å²) in [6, 6.07) is 10.9. The van der Waals surface area contributed by atoms with Crippen LogP contribution in [0.25, 0.3) is 11.3 Å². The summed E-state index contributed by atoms with van der Waals surface area (Å²) in [6.45, 7) is 11.3. The van der Waals surface area contributed by atoms with Crippen LogP contribution in [0.4, 0.5) is 22.0 Å². The van der Waals surface area contributed by atoms with Crippen molar-refractivity contribution in [2.24, 2.45) is 0 Å². The number of hydrogen-bond donors (Lipinski definition) is 0. The van der Waals surface area contributed by atoms with Gasteiger partial charge in [0.1, 0.15) is 17.5 Å². The van der Waals surface area contributed by atoms with Crippen LogP contribution in [-0.2, 0) is 4.74 Å². The van der Waals surface area contributed by atoms with Crippen LogP contribution >= 0.6 is 11.6 Å². The first kappa shape index (κ1) is 24.7. The third kappa shape index (κ3) is 5.39. The largest absolute Gasteiger partial charge is 0.372 e. The smallest absolute Gasteiger partial charge is 0.228 e. The number of halogens is 2. The molecule has 0 radical (unpaired) electrons. The van der Waals surface area contributed by atoms with E-state index >= 15 is 0 Å². The van der Waals surface area contributed by atoms with Crippen LogP contribution in [0.2, 0.25) is 5.02 Å². The standard InChI is InChI=1S/C27H32ClFN6O/c1-19-16-20(7-8-22(19)29)23-17-24(32-26(31-23)35-14-15-36-27(2,3)18-35)33-10-5-11-34(13-12-33)25-21(28)6-4-9-30-25/h4,6-9,16-17H,5,10-15,18H2,1-3H3. The first-order valence-corrected chi connectivity index (χ1v) is 12.8. The molecule has 0 aliphatic carbocycles. The Hall–Kier alpha value is -2.97. The van der Waals surface area contributed by atoms with E-state index in [1.54, 1.807) is 19.2 Å². The molecule has 0 saturated carbocycles. The highest BCUT2D eigenvalue weighted by Crippen LogP contribution is 2.30. The Morgan fingerprint density at radius 2 is 1.78 bits per heavy atom. The predicted molar refractivity (Wildman–Crippen MR) is 143 cm³/mol. The van der Waals surface area contributed by atoms with Crippen LogP contribution in [0.15, 0.2) is 42.6 Å². The Bertz CT molecular complexity index is 1240. The maximum atomic E-state index is 14.0. The van der Waals surface area contributed by atoms with E-state index in [2.05, 4.69) is 33.5 Å². The van der Waals surface area contributed by atoms with Crippen molar-refractivity contribution < 1.29 is 9.13 Å². The van der Waals surface area contributed by atoms with Crippen molar-refractivity contribution in [3.63, 3.8) is 0 Å². The Balaban J connectivity index is 1.48. The monoisotopic (exact) mass is 510 g/mol. The van der Waals surface area contributed by atoms with E-state index in [0.717, 1.165) is 62.0 Å². The van der Waals surface area contributed by atoms with Gasteiger partial charge in [0.15, 0.2) is 0 Å². The summed E-state index contributed by atoms with van der Waals surface area (Å²) >= 11 is 6.43. The van der Waals surface area contributed by atoms with E-state index < -0.39 is 0 Å². The van der Waals surface area contributed by atoms with Crippen molar-refractivity contribution in [2.75, 3.05) is 60.6 Å². The summed E-state index contributed by atoms with van der Waals surface area (Å²) in [5.74, 6) is 2.15. The maximum Gasteiger partial charge on any atom is 0.228 e. The first-order valence-electron chi connectivity index (χ1n) is 12.4. The molecule has 0 spiro atoms. The fourth-order valence-electron chi connectivity index (χ4n) is 4.83. The lowest BCUT2D eigenvalue weighted by molar-refractivity contribution is -0.0281. The molecule has 0 unspecified atom stereocenters. The average Bonchev–Trinajstić information content (AvgIpc) is 3.11. The fourth-order valence-corrected chi connectivity index (χ4v) is 5.07. The van der Waals surface area contributed by atoms with Crippen molar-refractivity contribution in [1.82, 2.24) is 15.0 Å². The molecule has 4 heterocycles. The highest BCUT2D eigenvalue weighted by atomic mass is 35.5. The van der Waals surface area contributed by atoms with Crippen LogP contribution in [0.3, 0.4) is 0 Å². The second-order valence-electron chi connectivity index (χ2n) is 10.0. The lowest BCUT2D eigenvalue weighted by Crippen LogP contribution is -2.49. The van der Waals surface area contributed by atoms with Crippen LogP contribution in [-0.4, -0.2) is 66.4 Å². The Morgan fingerprint density at radius 1 is 0.972 bits per heavy atom. The van der Waals surface area contributed by atoms with Crippen LogP contribution in [0.5, 0.6) is 0 Å². The van der Waals surface area contributed by atoms with Gasteiger partial charge >= 0.3 is 0 Å². The van der Waals surface area contributed by atoms with Crippen molar-refractivity contribution in [3.05, 3.63) is 59.0 Å². The number of hydrogen-bond acceptors (Lipinski definition) is 7. The molecule has 2 fully saturated rings. The summed E-state index contributed by atoms with van der Waals surface area (Å²) in [6.07, 6.45) is 2.73. The van der Waals surface area contributed by atoms with Gasteiger partial charge in [-0.15, -0.1) is 0 Å². The Labute approximate surface area is 216 Å². The summed E-state index contributed by atoms with van der Waals surface area (Å²) < 4.78 is 19.9. The number of nitrogens with zero attached hydrogens (tertiary/aromatic N) is 6. The molecule has 2 aliphatic heterocycles. The quantitative estimate of drug-likeness (QED) is 0.491. The van der Waals surface area contributed by atoms with Gasteiger partial charge in [-0.05, 0) is 63.1 Å². The van der Waals surface area contributed by atoms with Crippen LogP contribution < -0.4 is 14.7 Å². The lowest BCUT2D eigenvalue weighted by Gasteiger charge is -2.38. The summed E-state index contributed by atoms with van der Waals surface area (Å²) in [5.41, 5.74) is 1.98. The minimum absolute atomic E-state index is 0.219. The number of pyridine rings is 1. The van der Waals surface area contributed by atoms with Crippen molar-refractivity contribution in [1.29, 1.82) is 0 Å². The normalized spacial score (nSPS) is 18.3. The summed E-state index contributed by atoms with van der Waals surface area (Å²) in [5, 5.41) is 0.666. The van der Waals surface area contributed by atoms with E-state index in [4.69, 9.17) is 26.3 Å². The number of benzene rings is 1. The third-order valence-corrected chi connectivity index (χ3v) is 7.02. The Kier molecular flexibility index (Phi) is 6.99. The molecule has 9 heteroatoms. The third-order valence-electron chi connectivity index (χ3n) is 6.72. The van der Waals surface area contributed by atoms with Gasteiger partial charge in [-0.3, -0.25) is 0 Å². The molecule has 2 aromatic heterocycles.